The first-order chi connectivity index (χ1) is 29.0. The Morgan fingerprint density at radius 1 is 0.733 bits per heavy atom. The third kappa shape index (κ3) is 14.3. The molecule has 4 atom stereocenters. The Labute approximate surface area is 357 Å². The van der Waals surface area contributed by atoms with Crippen LogP contribution in [-0.4, -0.2) is 119 Å². The Kier molecular flexibility index (Phi) is 17.6. The van der Waals surface area contributed by atoms with E-state index in [1.807, 2.05) is 103 Å². The fraction of sp³-hybridized carbons (Fsp3) is 0.318. The lowest BCUT2D eigenvalue weighted by atomic mass is 10.1. The number of aromatic nitrogens is 1. The average Bonchev–Trinajstić information content (AvgIpc) is 3.84. The van der Waals surface area contributed by atoms with E-state index in [0.29, 0.717) is 19.6 Å². The third-order valence-electron chi connectivity index (χ3n) is 9.75. The van der Waals surface area contributed by atoms with Crippen molar-refractivity contribution in [2.24, 2.45) is 0 Å². The highest BCUT2D eigenvalue weighted by atomic mass is 33.1. The highest BCUT2D eigenvalue weighted by Crippen LogP contribution is 2.28. The summed E-state index contributed by atoms with van der Waals surface area (Å²) in [7, 11) is 3.25. The Bertz CT molecular complexity index is 2060. The second-order valence-electron chi connectivity index (χ2n) is 14.2. The number of rotatable bonds is 21. The molecule has 2 fully saturated rings. The summed E-state index contributed by atoms with van der Waals surface area (Å²) in [5.74, 6) is -0.658. The number of carbonyl (C=O) groups excluding carboxylic acids is 2. The van der Waals surface area contributed by atoms with Crippen LogP contribution in [0, 0.1) is 0 Å². The van der Waals surface area contributed by atoms with E-state index in [1.165, 1.54) is 0 Å². The standard InChI is InChI=1S/C44H50N6O8S2/c1-2-31(3-4-32-7-11-35(12-8-32)49-28-37(51)25-39(49)43(55)56)15-18-45-27-41(53)46-19-23-59-60-24-20-47-42(54)30-48-21-16-34(17-22-48)6-5-33-9-13-36(14-10-33)50-29-38(52)26-40(50)44(57)58/h2-18,21-22,37-40,51-52H,1,19-20,23-30H2,(H3-,46,47,53,54,55,56,57,58)/p+2/b4-3+,31-15+,45-18?. The third-order valence-corrected chi connectivity index (χ3v) is 12.2. The van der Waals surface area contributed by atoms with Crippen LogP contribution < -0.4 is 30.0 Å². The molecule has 2 aliphatic rings. The predicted molar refractivity (Wildman–Crippen MR) is 237 cm³/mol. The predicted octanol–water partition coefficient (Wildman–Crippen LogP) is 1.78. The van der Waals surface area contributed by atoms with Crippen molar-refractivity contribution in [2.75, 3.05) is 54.0 Å². The zero-order valence-corrected chi connectivity index (χ0v) is 34.8. The SMILES string of the molecule is C=CC(/C=C/c1ccc(N2CC(O)CC2C(=O)O)cc1)=C\C=[NH+]CC(=O)NCCSSCCNC(=O)C[n+]1ccc(/C=C/c2ccc(N3CC(O)CC3C(=O)O)cc2)cc1. The Morgan fingerprint density at radius 3 is 1.72 bits per heavy atom. The molecule has 16 heteroatoms. The van der Waals surface area contributed by atoms with E-state index in [9.17, 15) is 39.6 Å². The molecule has 0 radical (unpaired) electrons. The van der Waals surface area contributed by atoms with Gasteiger partial charge in [0, 0.05) is 80.1 Å². The lowest BCUT2D eigenvalue weighted by Crippen LogP contribution is -2.72. The molecule has 2 aromatic carbocycles. The van der Waals surface area contributed by atoms with Crippen LogP contribution in [0.15, 0.2) is 103 Å². The van der Waals surface area contributed by atoms with Crippen molar-refractivity contribution >= 4 is 81.2 Å². The van der Waals surface area contributed by atoms with Gasteiger partial charge in [-0.25, -0.2) is 14.6 Å². The minimum atomic E-state index is -0.949. The Hall–Kier alpha value is -5.68. The quantitative estimate of drug-likeness (QED) is 0.0270. The number of nitrogens with one attached hydrogen (secondary N) is 3. The number of carboxylic acid groups (broad SMARTS) is 2. The summed E-state index contributed by atoms with van der Waals surface area (Å²) in [6, 6.07) is 17.4. The minimum Gasteiger partial charge on any atom is -0.480 e. The number of benzene rings is 2. The number of β-amino-alcohol motifs (C(OH)–C–C–N with tert-alkyl or cyclic N) is 2. The van der Waals surface area contributed by atoms with Gasteiger partial charge in [0.1, 0.15) is 12.1 Å². The van der Waals surface area contributed by atoms with E-state index in [0.717, 1.165) is 45.1 Å². The zero-order chi connectivity index (χ0) is 42.9. The van der Waals surface area contributed by atoms with Crippen molar-refractivity contribution in [1.82, 2.24) is 10.6 Å². The molecule has 2 saturated heterocycles. The Balaban J connectivity index is 0.901. The summed E-state index contributed by atoms with van der Waals surface area (Å²) < 4.78 is 1.81. The van der Waals surface area contributed by atoms with Crippen LogP contribution in [0.25, 0.3) is 18.2 Å². The van der Waals surface area contributed by atoms with Crippen molar-refractivity contribution in [3.05, 3.63) is 120 Å². The van der Waals surface area contributed by atoms with Crippen LogP contribution >= 0.6 is 21.6 Å². The molecule has 316 valence electrons. The molecule has 2 aliphatic heterocycles. The molecule has 3 aromatic rings. The van der Waals surface area contributed by atoms with Crippen LogP contribution in [0.4, 0.5) is 11.4 Å². The van der Waals surface area contributed by atoms with Gasteiger partial charge in [0.25, 0.3) is 11.8 Å². The Morgan fingerprint density at radius 2 is 1.22 bits per heavy atom. The number of hydrogen-bond donors (Lipinski definition) is 7. The topological polar surface area (TPSA) is 198 Å². The summed E-state index contributed by atoms with van der Waals surface area (Å²) in [5, 5.41) is 44.6. The lowest BCUT2D eigenvalue weighted by molar-refractivity contribution is -0.684. The van der Waals surface area contributed by atoms with Gasteiger partial charge in [0.05, 0.1) is 12.2 Å². The molecule has 0 bridgehead atoms. The van der Waals surface area contributed by atoms with Gasteiger partial charge in [-0.2, -0.15) is 4.57 Å². The van der Waals surface area contributed by atoms with Gasteiger partial charge in [0.2, 0.25) is 13.1 Å². The highest BCUT2D eigenvalue weighted by molar-refractivity contribution is 8.76. The molecule has 0 saturated carbocycles. The van der Waals surface area contributed by atoms with Gasteiger partial charge in [-0.1, -0.05) is 82.8 Å². The van der Waals surface area contributed by atoms with E-state index in [4.69, 9.17) is 0 Å². The van der Waals surface area contributed by atoms with Crippen LogP contribution in [0.1, 0.15) is 29.5 Å². The van der Waals surface area contributed by atoms with E-state index < -0.39 is 36.2 Å². The number of aliphatic hydroxyl groups excluding tert-OH is 2. The number of allylic oxidation sites excluding steroid dienone is 4. The molecule has 5 rings (SSSR count). The maximum atomic E-state index is 12.4. The van der Waals surface area contributed by atoms with Gasteiger partial charge >= 0.3 is 11.9 Å². The molecule has 0 spiro atoms. The van der Waals surface area contributed by atoms with E-state index in [1.54, 1.807) is 48.2 Å². The smallest absolute Gasteiger partial charge is 0.326 e. The van der Waals surface area contributed by atoms with E-state index in [2.05, 4.69) is 22.2 Å². The first-order valence-electron chi connectivity index (χ1n) is 19.6. The van der Waals surface area contributed by atoms with Crippen LogP contribution in [0.3, 0.4) is 0 Å². The maximum absolute atomic E-state index is 12.4. The zero-order valence-electron chi connectivity index (χ0n) is 33.1. The molecule has 14 nitrogen and oxygen atoms in total. The molecule has 7 N–H and O–H groups in total. The second-order valence-corrected chi connectivity index (χ2v) is 16.9. The molecule has 2 amide bonds. The van der Waals surface area contributed by atoms with Gasteiger partial charge in [-0.05, 0) is 46.5 Å². The molecule has 4 unspecified atom stereocenters. The van der Waals surface area contributed by atoms with Gasteiger partial charge in [-0.15, -0.1) is 0 Å². The molecule has 0 aliphatic carbocycles. The fourth-order valence-electron chi connectivity index (χ4n) is 6.66. The first kappa shape index (κ1) is 45.4. The van der Waals surface area contributed by atoms with Gasteiger partial charge in [-0.3, -0.25) is 9.59 Å². The van der Waals surface area contributed by atoms with E-state index >= 15 is 0 Å². The van der Waals surface area contributed by atoms with Crippen molar-refractivity contribution in [2.45, 2.75) is 43.7 Å². The summed E-state index contributed by atoms with van der Waals surface area (Å²) in [6.07, 6.45) is 15.7. The largest absolute Gasteiger partial charge is 0.480 e. The maximum Gasteiger partial charge on any atom is 0.326 e. The molecular weight excluding hydrogens is 805 g/mol. The number of amides is 2. The van der Waals surface area contributed by atoms with Crippen molar-refractivity contribution in [3.63, 3.8) is 0 Å². The molecule has 1 aromatic heterocycles. The van der Waals surface area contributed by atoms with Crippen molar-refractivity contribution < 1.29 is 49.2 Å². The summed E-state index contributed by atoms with van der Waals surface area (Å²) in [6.45, 7) is 5.79. The normalized spacial score (nSPS) is 19.4. The summed E-state index contributed by atoms with van der Waals surface area (Å²) in [5.41, 5.74) is 5.16. The minimum absolute atomic E-state index is 0.0867. The average molecular weight is 857 g/mol. The van der Waals surface area contributed by atoms with Gasteiger partial charge < -0.3 is 40.9 Å². The highest BCUT2D eigenvalue weighted by Gasteiger charge is 2.37. The summed E-state index contributed by atoms with van der Waals surface area (Å²) in [4.78, 5) is 54.2. The van der Waals surface area contributed by atoms with Gasteiger partial charge in [0.15, 0.2) is 18.6 Å². The number of carbonyl (C=O) groups is 4. The number of hydrogen-bond acceptors (Lipinski definition) is 10. The van der Waals surface area contributed by atoms with E-state index in [-0.39, 0.29) is 44.3 Å². The van der Waals surface area contributed by atoms with Crippen LogP contribution in [0.5, 0.6) is 0 Å². The number of nitrogens with zero attached hydrogens (tertiary/aromatic N) is 3. The first-order valence-corrected chi connectivity index (χ1v) is 22.1. The van der Waals surface area contributed by atoms with Crippen molar-refractivity contribution in [1.29, 1.82) is 0 Å². The van der Waals surface area contributed by atoms with Crippen LogP contribution in [-0.2, 0) is 25.7 Å². The second kappa shape index (κ2) is 23.2. The molecule has 60 heavy (non-hydrogen) atoms. The number of pyridine rings is 1. The van der Waals surface area contributed by atoms with Crippen molar-refractivity contribution in [3.8, 4) is 0 Å². The summed E-state index contributed by atoms with van der Waals surface area (Å²) >= 11 is 0. The van der Waals surface area contributed by atoms with Crippen LogP contribution in [0.2, 0.25) is 0 Å². The fourth-order valence-corrected chi connectivity index (χ4v) is 8.47. The number of anilines is 2. The monoisotopic (exact) mass is 856 g/mol. The molecular formula is C44H52N6O8S2+2. The molecule has 3 heterocycles. The lowest BCUT2D eigenvalue weighted by Gasteiger charge is -2.23. The number of aliphatic carboxylic acids is 2. The number of carboxylic acids is 2. The number of aliphatic hydroxyl groups is 2.